The summed E-state index contributed by atoms with van der Waals surface area (Å²) >= 11 is 3.71. The number of phenolic OH excluding ortho intramolecular Hbond substituents is 1. The van der Waals surface area contributed by atoms with Gasteiger partial charge in [-0.25, -0.2) is 0 Å². The Balaban J connectivity index is 1.65. The van der Waals surface area contributed by atoms with Crippen LogP contribution in [0.3, 0.4) is 0 Å². The van der Waals surface area contributed by atoms with Crippen LogP contribution in [-0.4, -0.2) is 34.6 Å². The third-order valence-corrected chi connectivity index (χ3v) is 7.53. The van der Waals surface area contributed by atoms with Crippen molar-refractivity contribution in [2.75, 3.05) is 19.6 Å². The topological polar surface area (TPSA) is 39.3 Å². The van der Waals surface area contributed by atoms with Crippen LogP contribution in [0.2, 0.25) is 0 Å². The average Bonchev–Trinajstić information content (AvgIpc) is 3.05. The van der Waals surface area contributed by atoms with Crippen molar-refractivity contribution in [1.82, 2.24) is 9.88 Å². The Morgan fingerprint density at radius 1 is 1.29 bits per heavy atom. The lowest BCUT2D eigenvalue weighted by Crippen LogP contribution is -2.53. The van der Waals surface area contributed by atoms with E-state index in [0.29, 0.717) is 11.7 Å². The van der Waals surface area contributed by atoms with Gasteiger partial charge in [-0.1, -0.05) is 30.3 Å². The molecule has 1 aliphatic heterocycles. The third kappa shape index (κ3) is 2.73. The summed E-state index contributed by atoms with van der Waals surface area (Å²) < 4.78 is 1.13. The highest BCUT2D eigenvalue weighted by Gasteiger charge is 2.48. The molecular formula is C24H25BrN2O. The SMILES string of the molecule is C=CCN1CC[C@]2(c3cccc(O)c3)Cc3[nH]c4c(Br)cccc4c3CC2C1. The summed E-state index contributed by atoms with van der Waals surface area (Å²) in [6, 6.07) is 14.4. The van der Waals surface area contributed by atoms with Crippen LogP contribution >= 0.6 is 15.9 Å². The van der Waals surface area contributed by atoms with E-state index < -0.39 is 0 Å². The molecule has 0 bridgehead atoms. The summed E-state index contributed by atoms with van der Waals surface area (Å²) in [5.74, 6) is 0.887. The van der Waals surface area contributed by atoms with Crippen LogP contribution in [0.4, 0.5) is 0 Å². The number of benzene rings is 2. The number of piperidine rings is 1. The zero-order chi connectivity index (χ0) is 19.3. The first-order chi connectivity index (χ1) is 13.6. The smallest absolute Gasteiger partial charge is 0.115 e. The lowest BCUT2D eigenvalue weighted by molar-refractivity contribution is 0.0896. The molecule has 1 unspecified atom stereocenters. The number of aromatic amines is 1. The number of halogens is 1. The molecule has 144 valence electrons. The molecule has 2 aromatic carbocycles. The van der Waals surface area contributed by atoms with Crippen molar-refractivity contribution in [3.05, 3.63) is 76.4 Å². The van der Waals surface area contributed by atoms with Crippen LogP contribution in [0.25, 0.3) is 10.9 Å². The van der Waals surface area contributed by atoms with Crippen molar-refractivity contribution in [1.29, 1.82) is 0 Å². The summed E-state index contributed by atoms with van der Waals surface area (Å²) in [6.07, 6.45) is 5.18. The molecule has 0 spiro atoms. The monoisotopic (exact) mass is 436 g/mol. The number of rotatable bonds is 3. The van der Waals surface area contributed by atoms with Gasteiger partial charge in [0.1, 0.15) is 5.75 Å². The van der Waals surface area contributed by atoms with E-state index in [9.17, 15) is 5.11 Å². The molecule has 2 N–H and O–H groups in total. The van der Waals surface area contributed by atoms with Crippen molar-refractivity contribution in [2.24, 2.45) is 5.92 Å². The molecule has 1 aliphatic carbocycles. The minimum absolute atomic E-state index is 0.0662. The molecule has 0 amide bonds. The Bertz CT molecular complexity index is 1060. The molecule has 4 heteroatoms. The van der Waals surface area contributed by atoms with Crippen LogP contribution < -0.4 is 0 Å². The summed E-state index contributed by atoms with van der Waals surface area (Å²) in [5.41, 5.74) is 5.38. The Morgan fingerprint density at radius 2 is 2.14 bits per heavy atom. The Hall–Kier alpha value is -2.04. The number of nitrogens with one attached hydrogen (secondary N) is 1. The van der Waals surface area contributed by atoms with Gasteiger partial charge in [-0.15, -0.1) is 6.58 Å². The number of nitrogens with zero attached hydrogens (tertiary/aromatic N) is 1. The second-order valence-electron chi connectivity index (χ2n) is 8.33. The fraction of sp³-hybridized carbons (Fsp3) is 0.333. The number of likely N-dealkylation sites (tertiary alicyclic amines) is 1. The van der Waals surface area contributed by atoms with Crippen molar-refractivity contribution >= 4 is 26.8 Å². The van der Waals surface area contributed by atoms with E-state index in [2.05, 4.69) is 56.7 Å². The molecule has 0 saturated carbocycles. The summed E-state index contributed by atoms with van der Waals surface area (Å²) in [7, 11) is 0. The zero-order valence-electron chi connectivity index (χ0n) is 15.9. The number of fused-ring (bicyclic) bond motifs is 4. The molecule has 2 aliphatic rings. The first-order valence-electron chi connectivity index (χ1n) is 10.0. The highest BCUT2D eigenvalue weighted by molar-refractivity contribution is 9.10. The highest BCUT2D eigenvalue weighted by Crippen LogP contribution is 2.49. The van der Waals surface area contributed by atoms with Gasteiger partial charge in [0.2, 0.25) is 0 Å². The summed E-state index contributed by atoms with van der Waals surface area (Å²) in [5, 5.41) is 11.5. The number of para-hydroxylation sites is 1. The number of aromatic nitrogens is 1. The van der Waals surface area contributed by atoms with Gasteiger partial charge in [0.25, 0.3) is 0 Å². The van der Waals surface area contributed by atoms with Crippen molar-refractivity contribution < 1.29 is 5.11 Å². The van der Waals surface area contributed by atoms with Gasteiger partial charge in [-0.2, -0.15) is 0 Å². The number of phenols is 1. The van der Waals surface area contributed by atoms with Crippen LogP contribution in [-0.2, 0) is 18.3 Å². The van der Waals surface area contributed by atoms with Gasteiger partial charge >= 0.3 is 0 Å². The lowest BCUT2D eigenvalue weighted by atomic mass is 9.58. The predicted octanol–water partition coefficient (Wildman–Crippen LogP) is 5.18. The highest BCUT2D eigenvalue weighted by atomic mass is 79.9. The minimum Gasteiger partial charge on any atom is -0.508 e. The van der Waals surface area contributed by atoms with E-state index in [1.54, 1.807) is 6.07 Å². The molecule has 1 aromatic heterocycles. The molecule has 2 atom stereocenters. The van der Waals surface area contributed by atoms with E-state index >= 15 is 0 Å². The molecule has 28 heavy (non-hydrogen) atoms. The van der Waals surface area contributed by atoms with Gasteiger partial charge in [0.15, 0.2) is 0 Å². The number of hydrogen-bond donors (Lipinski definition) is 2. The summed E-state index contributed by atoms with van der Waals surface area (Å²) in [6.45, 7) is 7.02. The number of hydrogen-bond acceptors (Lipinski definition) is 2. The fourth-order valence-corrected chi connectivity index (χ4v) is 5.98. The summed E-state index contributed by atoms with van der Waals surface area (Å²) in [4.78, 5) is 6.25. The van der Waals surface area contributed by atoms with Crippen LogP contribution in [0.5, 0.6) is 5.75 Å². The average molecular weight is 437 g/mol. The minimum atomic E-state index is 0.0662. The van der Waals surface area contributed by atoms with Crippen molar-refractivity contribution in [3.8, 4) is 5.75 Å². The number of H-pyrrole nitrogens is 1. The first kappa shape index (κ1) is 18.0. The van der Waals surface area contributed by atoms with Crippen LogP contribution in [0, 0.1) is 5.92 Å². The van der Waals surface area contributed by atoms with Gasteiger partial charge in [0, 0.05) is 34.1 Å². The van der Waals surface area contributed by atoms with Gasteiger partial charge < -0.3 is 10.1 Å². The van der Waals surface area contributed by atoms with Gasteiger partial charge in [-0.05, 0) is 77.0 Å². The van der Waals surface area contributed by atoms with Crippen molar-refractivity contribution in [3.63, 3.8) is 0 Å². The van der Waals surface area contributed by atoms with Gasteiger partial charge in [-0.3, -0.25) is 4.90 Å². The largest absolute Gasteiger partial charge is 0.508 e. The second-order valence-corrected chi connectivity index (χ2v) is 9.18. The molecule has 5 rings (SSSR count). The Kier molecular flexibility index (Phi) is 4.37. The van der Waals surface area contributed by atoms with E-state index in [1.807, 2.05) is 18.2 Å². The van der Waals surface area contributed by atoms with E-state index in [1.165, 1.54) is 27.7 Å². The van der Waals surface area contributed by atoms with E-state index in [4.69, 9.17) is 0 Å². The van der Waals surface area contributed by atoms with Crippen LogP contribution in [0.15, 0.2) is 59.6 Å². The van der Waals surface area contributed by atoms with Crippen LogP contribution in [0.1, 0.15) is 23.2 Å². The number of aromatic hydroxyl groups is 1. The maximum Gasteiger partial charge on any atom is 0.115 e. The molecule has 3 aromatic rings. The Morgan fingerprint density at radius 3 is 2.96 bits per heavy atom. The zero-order valence-corrected chi connectivity index (χ0v) is 17.5. The lowest BCUT2D eigenvalue weighted by Gasteiger charge is -2.51. The van der Waals surface area contributed by atoms with E-state index in [-0.39, 0.29) is 5.41 Å². The molecule has 1 fully saturated rings. The third-order valence-electron chi connectivity index (χ3n) is 6.86. The maximum absolute atomic E-state index is 10.2. The standard InChI is InChI=1S/C24H25BrN2O/c1-2-10-27-11-9-24(16-5-3-6-18(28)12-16)14-22-20(13-17(24)15-27)19-7-4-8-21(25)23(19)26-22/h2-8,12,17,26,28H,1,9-11,13-15H2/t17?,24-/m1/s1. The van der Waals surface area contributed by atoms with Crippen molar-refractivity contribution in [2.45, 2.75) is 24.7 Å². The molecular weight excluding hydrogens is 412 g/mol. The normalized spacial score (nSPS) is 24.7. The molecule has 2 heterocycles. The quantitative estimate of drug-likeness (QED) is 0.555. The maximum atomic E-state index is 10.2. The molecule has 3 nitrogen and oxygen atoms in total. The van der Waals surface area contributed by atoms with E-state index in [0.717, 1.165) is 43.4 Å². The second kappa shape index (κ2) is 6.78. The first-order valence-corrected chi connectivity index (χ1v) is 10.8. The predicted molar refractivity (Wildman–Crippen MR) is 118 cm³/mol. The fourth-order valence-electron chi connectivity index (χ4n) is 5.52. The van der Waals surface area contributed by atoms with Gasteiger partial charge in [0.05, 0.1) is 5.52 Å². The Labute approximate surface area is 174 Å². The molecule has 1 saturated heterocycles. The molecule has 0 radical (unpaired) electrons.